The van der Waals surface area contributed by atoms with Crippen molar-refractivity contribution in [3.05, 3.63) is 64.4 Å². The number of piperazine rings is 1. The van der Waals surface area contributed by atoms with Crippen molar-refractivity contribution in [2.24, 2.45) is 0 Å². The fourth-order valence-electron chi connectivity index (χ4n) is 3.32. The Hall–Kier alpha value is -2.53. The summed E-state index contributed by atoms with van der Waals surface area (Å²) in [4.78, 5) is 14.3. The van der Waals surface area contributed by atoms with Crippen LogP contribution in [0.1, 0.15) is 5.56 Å². The average molecular weight is 481 g/mol. The van der Waals surface area contributed by atoms with Crippen LogP contribution >= 0.6 is 23.2 Å². The summed E-state index contributed by atoms with van der Waals surface area (Å²) >= 11 is 12.0. The van der Waals surface area contributed by atoms with Crippen LogP contribution in [0.2, 0.25) is 10.0 Å². The second kappa shape index (κ2) is 8.91. The third-order valence-electron chi connectivity index (χ3n) is 5.01. The van der Waals surface area contributed by atoms with Gasteiger partial charge in [-0.1, -0.05) is 35.3 Å². The van der Waals surface area contributed by atoms with Crippen LogP contribution < -0.4 is 0 Å². The van der Waals surface area contributed by atoms with E-state index in [1.807, 2.05) is 24.3 Å². The summed E-state index contributed by atoms with van der Waals surface area (Å²) in [6.07, 6.45) is 1.72. The lowest BCUT2D eigenvalue weighted by Gasteiger charge is -2.34. The minimum Gasteiger partial charge on any atom is -0.340 e. The Labute approximate surface area is 189 Å². The average Bonchev–Trinajstić information content (AvgIpc) is 3.31. The number of halogens is 2. The predicted molar refractivity (Wildman–Crippen MR) is 115 cm³/mol. The minimum absolute atomic E-state index is 0.0240. The fraction of sp³-hybridized carbons (Fsp3) is 0.263. The Bertz CT molecular complexity index is 1180. The van der Waals surface area contributed by atoms with Crippen LogP contribution in [0.5, 0.6) is 0 Å². The molecule has 31 heavy (non-hydrogen) atoms. The molecule has 1 aromatic heterocycles. The molecule has 1 fully saturated rings. The number of amides is 1. The molecule has 1 aliphatic heterocycles. The number of rotatable bonds is 5. The van der Waals surface area contributed by atoms with Gasteiger partial charge in [0, 0.05) is 31.2 Å². The summed E-state index contributed by atoms with van der Waals surface area (Å²) < 4.78 is 28.7. The number of hydrogen-bond donors (Lipinski definition) is 0. The first-order valence-electron chi connectivity index (χ1n) is 9.40. The van der Waals surface area contributed by atoms with E-state index in [9.17, 15) is 13.2 Å². The van der Waals surface area contributed by atoms with Crippen LogP contribution in [0, 0.1) is 0 Å². The van der Waals surface area contributed by atoms with Crippen molar-refractivity contribution in [1.82, 2.24) is 29.4 Å². The Morgan fingerprint density at radius 3 is 2.35 bits per heavy atom. The monoisotopic (exact) mass is 480 g/mol. The fourth-order valence-corrected chi connectivity index (χ4v) is 5.48. The summed E-state index contributed by atoms with van der Waals surface area (Å²) in [6.45, 7) is 0.988. The number of hydrogen-bond acceptors (Lipinski definition) is 6. The van der Waals surface area contributed by atoms with Crippen LogP contribution in [-0.2, 0) is 21.2 Å². The lowest BCUT2D eigenvalue weighted by Crippen LogP contribution is -2.50. The smallest absolute Gasteiger partial charge is 0.244 e. The van der Waals surface area contributed by atoms with Crippen molar-refractivity contribution < 1.29 is 13.2 Å². The van der Waals surface area contributed by atoms with Crippen LogP contribution in [0.25, 0.3) is 5.69 Å². The van der Waals surface area contributed by atoms with Crippen molar-refractivity contribution >= 4 is 39.1 Å². The van der Waals surface area contributed by atoms with Crippen molar-refractivity contribution in [2.75, 3.05) is 26.2 Å². The first-order chi connectivity index (χ1) is 14.8. The topological polar surface area (TPSA) is 101 Å². The number of aromatic nitrogens is 4. The highest BCUT2D eigenvalue weighted by Crippen LogP contribution is 2.28. The maximum absolute atomic E-state index is 12.9. The Balaban J connectivity index is 1.37. The van der Waals surface area contributed by atoms with Gasteiger partial charge >= 0.3 is 0 Å². The molecule has 0 N–H and O–H groups in total. The zero-order valence-corrected chi connectivity index (χ0v) is 18.6. The third-order valence-corrected chi connectivity index (χ3v) is 7.62. The number of nitrogens with zero attached hydrogens (tertiary/aromatic N) is 6. The summed E-state index contributed by atoms with van der Waals surface area (Å²) in [5, 5.41) is 11.4. The molecule has 12 heteroatoms. The van der Waals surface area contributed by atoms with Gasteiger partial charge in [-0.05, 0) is 46.3 Å². The van der Waals surface area contributed by atoms with Gasteiger partial charge in [-0.15, -0.1) is 5.10 Å². The van der Waals surface area contributed by atoms with Crippen molar-refractivity contribution in [3.8, 4) is 5.69 Å². The number of tetrazole rings is 1. The standard InChI is InChI=1S/C19H18Cl2N6O3S/c20-15-3-6-17(21)18(12-15)31(29,30)26-9-7-25(8-10-26)19(28)11-14-1-4-16(5-2-14)27-13-22-23-24-27/h1-6,12-13H,7-11H2. The van der Waals surface area contributed by atoms with Gasteiger partial charge in [-0.2, -0.15) is 4.31 Å². The second-order valence-electron chi connectivity index (χ2n) is 6.96. The molecule has 9 nitrogen and oxygen atoms in total. The molecule has 0 atom stereocenters. The van der Waals surface area contributed by atoms with Gasteiger partial charge in [0.15, 0.2) is 0 Å². The summed E-state index contributed by atoms with van der Waals surface area (Å²) in [5.41, 5.74) is 1.64. The van der Waals surface area contributed by atoms with Gasteiger partial charge in [-0.25, -0.2) is 13.1 Å². The lowest BCUT2D eigenvalue weighted by molar-refractivity contribution is -0.131. The molecule has 162 valence electrons. The van der Waals surface area contributed by atoms with Gasteiger partial charge < -0.3 is 4.90 Å². The maximum atomic E-state index is 12.9. The van der Waals surface area contributed by atoms with Crippen LogP contribution in [-0.4, -0.2) is 69.9 Å². The van der Waals surface area contributed by atoms with Crippen molar-refractivity contribution in [3.63, 3.8) is 0 Å². The third kappa shape index (κ3) is 4.72. The Morgan fingerprint density at radius 1 is 1.00 bits per heavy atom. The number of carbonyl (C=O) groups excluding carboxylic acids is 1. The van der Waals surface area contributed by atoms with Gasteiger partial charge in [0.05, 0.1) is 17.1 Å². The zero-order chi connectivity index (χ0) is 22.0. The Morgan fingerprint density at radius 2 is 1.71 bits per heavy atom. The van der Waals surface area contributed by atoms with E-state index in [0.29, 0.717) is 18.1 Å². The van der Waals surface area contributed by atoms with Crippen LogP contribution in [0.15, 0.2) is 53.7 Å². The molecular weight excluding hydrogens is 463 g/mol. The van der Waals surface area contributed by atoms with Gasteiger partial charge in [0.2, 0.25) is 15.9 Å². The molecular formula is C19H18Cl2N6O3S. The highest BCUT2D eigenvalue weighted by Gasteiger charge is 2.31. The Kier molecular flexibility index (Phi) is 6.24. The minimum atomic E-state index is -3.79. The quantitative estimate of drug-likeness (QED) is 0.553. The largest absolute Gasteiger partial charge is 0.340 e. The molecule has 1 saturated heterocycles. The van der Waals surface area contributed by atoms with Crippen LogP contribution in [0.3, 0.4) is 0 Å². The molecule has 1 amide bonds. The highest BCUT2D eigenvalue weighted by molar-refractivity contribution is 7.89. The molecule has 2 heterocycles. The van der Waals surface area contributed by atoms with E-state index in [1.54, 1.807) is 4.90 Å². The second-order valence-corrected chi connectivity index (χ2v) is 9.71. The lowest BCUT2D eigenvalue weighted by atomic mass is 10.1. The van der Waals surface area contributed by atoms with E-state index in [-0.39, 0.29) is 35.3 Å². The molecule has 4 rings (SSSR count). The normalized spacial score (nSPS) is 15.2. The van der Waals surface area contributed by atoms with E-state index in [1.165, 1.54) is 33.5 Å². The van der Waals surface area contributed by atoms with Crippen molar-refractivity contribution in [2.45, 2.75) is 11.3 Å². The van der Waals surface area contributed by atoms with Gasteiger partial charge in [-0.3, -0.25) is 4.79 Å². The molecule has 0 spiro atoms. The number of carbonyl (C=O) groups is 1. The number of sulfonamides is 1. The molecule has 0 radical (unpaired) electrons. The van der Waals surface area contributed by atoms with Gasteiger partial charge in [0.25, 0.3) is 0 Å². The van der Waals surface area contributed by atoms with Gasteiger partial charge in [0.1, 0.15) is 11.2 Å². The van der Waals surface area contributed by atoms with E-state index in [0.717, 1.165) is 11.3 Å². The predicted octanol–water partition coefficient (Wildman–Crippen LogP) is 2.04. The molecule has 0 bridgehead atoms. The summed E-state index contributed by atoms with van der Waals surface area (Å²) in [7, 11) is -3.79. The summed E-state index contributed by atoms with van der Waals surface area (Å²) in [6, 6.07) is 11.7. The highest BCUT2D eigenvalue weighted by atomic mass is 35.5. The van der Waals surface area contributed by atoms with Crippen molar-refractivity contribution in [1.29, 1.82) is 0 Å². The number of benzene rings is 2. The maximum Gasteiger partial charge on any atom is 0.244 e. The summed E-state index contributed by atoms with van der Waals surface area (Å²) in [5.74, 6) is -0.0620. The molecule has 1 aliphatic rings. The molecule has 0 unspecified atom stereocenters. The van der Waals surface area contributed by atoms with E-state index in [2.05, 4.69) is 15.5 Å². The zero-order valence-electron chi connectivity index (χ0n) is 16.2. The first-order valence-corrected chi connectivity index (χ1v) is 11.6. The van der Waals surface area contributed by atoms with Crippen LogP contribution in [0.4, 0.5) is 0 Å². The van der Waals surface area contributed by atoms with E-state index in [4.69, 9.17) is 23.2 Å². The van der Waals surface area contributed by atoms with E-state index >= 15 is 0 Å². The molecule has 0 aliphatic carbocycles. The van der Waals surface area contributed by atoms with E-state index < -0.39 is 10.0 Å². The molecule has 0 saturated carbocycles. The molecule has 2 aromatic carbocycles. The SMILES string of the molecule is O=C(Cc1ccc(-n2cnnn2)cc1)N1CCN(S(=O)(=O)c2cc(Cl)ccc2Cl)CC1. The first kappa shape index (κ1) is 21.7. The molecule has 3 aromatic rings.